The van der Waals surface area contributed by atoms with Crippen molar-refractivity contribution < 1.29 is 5.11 Å². The number of para-hydroxylation sites is 1. The smallest absolute Gasteiger partial charge is 0.201 e. The first-order valence-corrected chi connectivity index (χ1v) is 7.42. The van der Waals surface area contributed by atoms with Crippen molar-refractivity contribution in [3.63, 3.8) is 0 Å². The molecular formula is C17H17N5O. The van der Waals surface area contributed by atoms with E-state index in [0.29, 0.717) is 12.5 Å². The van der Waals surface area contributed by atoms with Gasteiger partial charge in [-0.15, -0.1) is 0 Å². The van der Waals surface area contributed by atoms with E-state index in [9.17, 15) is 5.11 Å². The van der Waals surface area contributed by atoms with Crippen molar-refractivity contribution in [2.75, 3.05) is 5.73 Å². The van der Waals surface area contributed by atoms with Gasteiger partial charge in [0.25, 0.3) is 0 Å². The zero-order valence-electron chi connectivity index (χ0n) is 12.8. The third-order valence-electron chi connectivity index (χ3n) is 4.19. The summed E-state index contributed by atoms with van der Waals surface area (Å²) in [7, 11) is 1.98. The molecule has 0 atom stereocenters. The maximum absolute atomic E-state index is 9.35. The van der Waals surface area contributed by atoms with Crippen LogP contribution in [0.4, 0.5) is 5.95 Å². The quantitative estimate of drug-likeness (QED) is 0.607. The number of fused-ring (bicyclic) bond motifs is 2. The summed E-state index contributed by atoms with van der Waals surface area (Å²) in [5.74, 6) is 0.461. The van der Waals surface area contributed by atoms with Gasteiger partial charge in [-0.05, 0) is 29.3 Å². The molecule has 0 amide bonds. The highest BCUT2D eigenvalue weighted by Gasteiger charge is 2.12. The third-order valence-corrected chi connectivity index (χ3v) is 4.19. The number of nitrogen functional groups attached to an aromatic ring is 1. The lowest BCUT2D eigenvalue weighted by Crippen LogP contribution is -2.05. The largest absolute Gasteiger partial charge is 0.392 e. The van der Waals surface area contributed by atoms with Crippen molar-refractivity contribution in [1.82, 2.24) is 19.1 Å². The Morgan fingerprint density at radius 1 is 1.17 bits per heavy atom. The van der Waals surface area contributed by atoms with Gasteiger partial charge in [0.05, 0.1) is 41.5 Å². The Morgan fingerprint density at radius 3 is 2.87 bits per heavy atom. The van der Waals surface area contributed by atoms with Crippen LogP contribution in [-0.2, 0) is 20.2 Å². The van der Waals surface area contributed by atoms with Crippen LogP contribution in [0.1, 0.15) is 11.1 Å². The first kappa shape index (κ1) is 13.8. The number of aliphatic hydroxyl groups excluding tert-OH is 1. The lowest BCUT2D eigenvalue weighted by molar-refractivity contribution is 0.282. The Bertz CT molecular complexity index is 1010. The number of imidazole rings is 2. The average molecular weight is 307 g/mol. The van der Waals surface area contributed by atoms with Crippen molar-refractivity contribution >= 4 is 28.0 Å². The van der Waals surface area contributed by atoms with Crippen LogP contribution in [0.25, 0.3) is 22.1 Å². The molecule has 0 unspecified atom stereocenters. The van der Waals surface area contributed by atoms with Gasteiger partial charge < -0.3 is 20.0 Å². The number of nitrogens with zero attached hydrogens (tertiary/aromatic N) is 4. The van der Waals surface area contributed by atoms with Crippen LogP contribution in [-0.4, -0.2) is 24.2 Å². The van der Waals surface area contributed by atoms with Crippen LogP contribution < -0.4 is 5.73 Å². The Balaban J connectivity index is 1.87. The molecule has 2 aromatic carbocycles. The highest BCUT2D eigenvalue weighted by molar-refractivity contribution is 5.81. The monoisotopic (exact) mass is 307 g/mol. The number of rotatable bonds is 3. The van der Waals surface area contributed by atoms with Crippen molar-refractivity contribution in [2.24, 2.45) is 7.05 Å². The van der Waals surface area contributed by atoms with E-state index in [2.05, 4.69) is 16.0 Å². The maximum Gasteiger partial charge on any atom is 0.201 e. The van der Waals surface area contributed by atoms with Crippen molar-refractivity contribution in [3.8, 4) is 0 Å². The summed E-state index contributed by atoms with van der Waals surface area (Å²) in [5, 5.41) is 9.35. The second-order valence-electron chi connectivity index (χ2n) is 5.68. The predicted molar refractivity (Wildman–Crippen MR) is 89.9 cm³/mol. The molecule has 0 fully saturated rings. The summed E-state index contributed by atoms with van der Waals surface area (Å²) in [6, 6.07) is 11.8. The van der Waals surface area contributed by atoms with Crippen LogP contribution in [0.2, 0.25) is 0 Å². The second-order valence-corrected chi connectivity index (χ2v) is 5.68. The molecule has 0 aliphatic heterocycles. The van der Waals surface area contributed by atoms with Crippen molar-refractivity contribution in [2.45, 2.75) is 13.2 Å². The zero-order valence-corrected chi connectivity index (χ0v) is 12.8. The number of hydrogen-bond donors (Lipinski definition) is 2. The SMILES string of the molecule is Cn1cnc2c(Cn3c(N)nc4ccc(CO)cc43)cccc21. The number of anilines is 1. The van der Waals surface area contributed by atoms with Gasteiger partial charge in [0.15, 0.2) is 0 Å². The van der Waals surface area contributed by atoms with Crippen molar-refractivity contribution in [3.05, 3.63) is 53.9 Å². The Hall–Kier alpha value is -2.86. The standard InChI is InChI=1S/C17H17N5O/c1-21-10-19-16-12(3-2-4-14(16)21)8-22-15-7-11(9-23)5-6-13(15)20-17(22)18/h2-7,10,23H,8-9H2,1H3,(H2,18,20). The molecule has 0 radical (unpaired) electrons. The topological polar surface area (TPSA) is 81.9 Å². The second kappa shape index (κ2) is 5.10. The van der Waals surface area contributed by atoms with E-state index in [4.69, 9.17) is 5.73 Å². The van der Waals surface area contributed by atoms with Gasteiger partial charge in [-0.1, -0.05) is 18.2 Å². The van der Waals surface area contributed by atoms with Gasteiger partial charge in [-0.2, -0.15) is 0 Å². The maximum atomic E-state index is 9.35. The number of aryl methyl sites for hydroxylation is 1. The molecule has 6 heteroatoms. The lowest BCUT2D eigenvalue weighted by atomic mass is 10.1. The average Bonchev–Trinajstić information content (AvgIpc) is 3.09. The molecule has 4 aromatic rings. The van der Waals surface area contributed by atoms with Crippen LogP contribution >= 0.6 is 0 Å². The Kier molecular flexibility index (Phi) is 3.06. The molecule has 23 heavy (non-hydrogen) atoms. The van der Waals surface area contributed by atoms with E-state index in [1.807, 2.05) is 52.8 Å². The first-order chi connectivity index (χ1) is 11.2. The predicted octanol–water partition coefficient (Wildman–Crippen LogP) is 2.05. The van der Waals surface area contributed by atoms with Crippen LogP contribution in [0.15, 0.2) is 42.7 Å². The van der Waals surface area contributed by atoms with Crippen LogP contribution in [0, 0.1) is 0 Å². The summed E-state index contributed by atoms with van der Waals surface area (Å²) >= 11 is 0. The molecular weight excluding hydrogens is 290 g/mol. The fourth-order valence-electron chi connectivity index (χ4n) is 2.97. The fraction of sp³-hybridized carbons (Fsp3) is 0.176. The molecule has 2 heterocycles. The van der Waals surface area contributed by atoms with Gasteiger partial charge in [0.1, 0.15) is 0 Å². The molecule has 0 saturated heterocycles. The summed E-state index contributed by atoms with van der Waals surface area (Å²) in [5.41, 5.74) is 11.8. The molecule has 0 aliphatic carbocycles. The van der Waals surface area contributed by atoms with Crippen LogP contribution in [0.3, 0.4) is 0 Å². The molecule has 2 aromatic heterocycles. The summed E-state index contributed by atoms with van der Waals surface area (Å²) in [6.45, 7) is 0.586. The fourth-order valence-corrected chi connectivity index (χ4v) is 2.97. The first-order valence-electron chi connectivity index (χ1n) is 7.42. The molecule has 3 N–H and O–H groups in total. The highest BCUT2D eigenvalue weighted by atomic mass is 16.3. The number of aliphatic hydroxyl groups is 1. The minimum atomic E-state index is -0.00313. The van der Waals surface area contributed by atoms with E-state index in [1.54, 1.807) is 0 Å². The summed E-state index contributed by atoms with van der Waals surface area (Å²) in [6.07, 6.45) is 1.81. The van der Waals surface area contributed by atoms with Crippen molar-refractivity contribution in [1.29, 1.82) is 0 Å². The van der Waals surface area contributed by atoms with Gasteiger partial charge >= 0.3 is 0 Å². The van der Waals surface area contributed by atoms with Gasteiger partial charge in [-0.3, -0.25) is 0 Å². The minimum absolute atomic E-state index is 0.00313. The Morgan fingerprint density at radius 2 is 2.04 bits per heavy atom. The molecule has 6 nitrogen and oxygen atoms in total. The van der Waals surface area contributed by atoms with E-state index >= 15 is 0 Å². The van der Waals surface area contributed by atoms with E-state index < -0.39 is 0 Å². The lowest BCUT2D eigenvalue weighted by Gasteiger charge is -2.08. The normalized spacial score (nSPS) is 11.6. The van der Waals surface area contributed by atoms with E-state index in [-0.39, 0.29) is 6.61 Å². The summed E-state index contributed by atoms with van der Waals surface area (Å²) in [4.78, 5) is 8.89. The third kappa shape index (κ3) is 2.15. The molecule has 4 rings (SSSR count). The zero-order chi connectivity index (χ0) is 16.0. The minimum Gasteiger partial charge on any atom is -0.392 e. The molecule has 0 bridgehead atoms. The highest BCUT2D eigenvalue weighted by Crippen LogP contribution is 2.24. The molecule has 0 saturated carbocycles. The van der Waals surface area contributed by atoms with Gasteiger partial charge in [-0.25, -0.2) is 9.97 Å². The number of aromatic nitrogens is 4. The number of benzene rings is 2. The molecule has 116 valence electrons. The van der Waals surface area contributed by atoms with Gasteiger partial charge in [0, 0.05) is 7.05 Å². The van der Waals surface area contributed by atoms with E-state index in [0.717, 1.165) is 33.2 Å². The van der Waals surface area contributed by atoms with E-state index in [1.165, 1.54) is 0 Å². The summed E-state index contributed by atoms with van der Waals surface area (Å²) < 4.78 is 3.95. The molecule has 0 aliphatic rings. The number of hydrogen-bond acceptors (Lipinski definition) is 4. The Labute approximate surface area is 132 Å². The van der Waals surface area contributed by atoms with Crippen LogP contribution in [0.5, 0.6) is 0 Å². The number of nitrogens with two attached hydrogens (primary N) is 1. The van der Waals surface area contributed by atoms with Gasteiger partial charge in [0.2, 0.25) is 5.95 Å². The molecule has 0 spiro atoms.